The monoisotopic (exact) mass is 1170 g/mol. The maximum atomic E-state index is 7.01. The third kappa shape index (κ3) is 10.1. The van der Waals surface area contributed by atoms with E-state index in [4.69, 9.17) is 9.72 Å². The molecule has 8 aromatic carbocycles. The van der Waals surface area contributed by atoms with Crippen LogP contribution in [0.5, 0.6) is 11.5 Å². The molecule has 3 heterocycles. The summed E-state index contributed by atoms with van der Waals surface area (Å²) in [5, 5.41) is 2.18. The average molecular weight is 1170 g/mol. The second kappa shape index (κ2) is 20.2. The van der Waals surface area contributed by atoms with Crippen molar-refractivity contribution in [2.45, 2.75) is 90.9 Å². The normalized spacial score (nSPS) is 13.3. The number of benzene rings is 8. The van der Waals surface area contributed by atoms with Crippen molar-refractivity contribution in [3.05, 3.63) is 259 Å². The number of hydrogen-bond acceptors (Lipinski definition) is 4. The molecule has 76 heavy (non-hydrogen) atoms. The molecule has 0 unspecified atom stereocenters. The SMILES string of the molecule is CC(C)(C)c1cc(Oc2[c-]c3c(cc2)c2cc(-c4ccccc4)ccc2n3-c2cc(C(C)(C)c3ccccc3)ccn2)[c-]c(N2C=C(C(C)(C)c3ccccc3)N(c3cc(-c4ccccc4)cc(C(C)(C)C)c3)[CH-]2)c1.[Pt]. The molecule has 5 nitrogen and oxygen atoms in total. The Hall–Kier alpha value is -7.46. The van der Waals surface area contributed by atoms with E-state index < -0.39 is 0 Å². The third-order valence-corrected chi connectivity index (χ3v) is 15.2. The summed E-state index contributed by atoms with van der Waals surface area (Å²) in [6, 6.07) is 77.0. The minimum atomic E-state index is -0.380. The molecule has 0 spiro atoms. The molecule has 11 rings (SSSR count). The summed E-state index contributed by atoms with van der Waals surface area (Å²) >= 11 is 0. The Bertz CT molecular complexity index is 3730. The number of allylic oxidation sites excluding steroid dienone is 1. The fourth-order valence-corrected chi connectivity index (χ4v) is 10.5. The van der Waals surface area contributed by atoms with Crippen molar-refractivity contribution in [3.63, 3.8) is 0 Å². The van der Waals surface area contributed by atoms with Gasteiger partial charge in [0.15, 0.2) is 0 Å². The van der Waals surface area contributed by atoms with Crippen molar-refractivity contribution >= 4 is 33.2 Å². The van der Waals surface area contributed by atoms with Gasteiger partial charge in [0, 0.05) is 66.5 Å². The van der Waals surface area contributed by atoms with E-state index in [-0.39, 0.29) is 42.7 Å². The summed E-state index contributed by atoms with van der Waals surface area (Å²) in [5.74, 6) is 2.02. The summed E-state index contributed by atoms with van der Waals surface area (Å²) in [5.41, 5.74) is 14.8. The van der Waals surface area contributed by atoms with Gasteiger partial charge in [0.05, 0.1) is 0 Å². The van der Waals surface area contributed by atoms with Gasteiger partial charge in [-0.1, -0.05) is 214 Å². The molecule has 0 atom stereocenters. The molecule has 0 bridgehead atoms. The molecule has 10 aromatic rings. The Morgan fingerprint density at radius 1 is 0.461 bits per heavy atom. The minimum Gasteiger partial charge on any atom is -0.509 e. The first-order valence-electron chi connectivity index (χ1n) is 26.2. The van der Waals surface area contributed by atoms with E-state index in [0.29, 0.717) is 11.5 Å². The van der Waals surface area contributed by atoms with Crippen LogP contribution < -0.4 is 14.5 Å². The van der Waals surface area contributed by atoms with Gasteiger partial charge in [-0.3, -0.25) is 0 Å². The predicted octanol–water partition coefficient (Wildman–Crippen LogP) is 18.1. The number of nitrogens with zero attached hydrogens (tertiary/aromatic N) is 4. The molecule has 0 N–H and O–H groups in total. The van der Waals surface area contributed by atoms with Crippen LogP contribution in [0.15, 0.2) is 212 Å². The molecule has 384 valence electrons. The number of fused-ring (bicyclic) bond motifs is 3. The van der Waals surface area contributed by atoms with Crippen molar-refractivity contribution in [1.29, 1.82) is 0 Å². The topological polar surface area (TPSA) is 33.5 Å². The van der Waals surface area contributed by atoms with E-state index in [9.17, 15) is 0 Å². The van der Waals surface area contributed by atoms with Crippen molar-refractivity contribution in [3.8, 4) is 39.6 Å². The number of hydrogen-bond donors (Lipinski definition) is 0. The number of pyridine rings is 1. The van der Waals surface area contributed by atoms with Crippen molar-refractivity contribution < 1.29 is 25.8 Å². The summed E-state index contributed by atoms with van der Waals surface area (Å²) in [6.45, 7) is 25.0. The molecule has 0 saturated heterocycles. The van der Waals surface area contributed by atoms with E-state index in [1.54, 1.807) is 0 Å². The number of ether oxygens (including phenoxy) is 1. The first kappa shape index (κ1) is 52.0. The molecule has 0 saturated carbocycles. The van der Waals surface area contributed by atoms with Crippen LogP contribution in [0.2, 0.25) is 0 Å². The molecular formula is C70H65N4OPt-3. The standard InChI is InChI=1S/C70H65N4O.Pt/c1-67(2,3)55-37-51(49-25-17-12-18-26-49)38-58(41-55)73-47-72(46-65(73)70(9,10)53-29-21-14-22-30-53)57-40-56(68(4,5)6)42-60(44-57)75-59-32-33-61-62-39-50(48-23-15-11-16-24-48)31-34-63(62)74(64(61)45-59)66-43-54(35-36-71-66)69(7,8)52-27-19-13-20-28-52;/h11-43,46-47H,1-10H3;/q-3;. The van der Waals surface area contributed by atoms with Gasteiger partial charge in [0.1, 0.15) is 5.82 Å². The molecule has 1 aliphatic rings. The minimum absolute atomic E-state index is 0. The Labute approximate surface area is 464 Å². The fourth-order valence-electron chi connectivity index (χ4n) is 10.5. The zero-order valence-corrected chi connectivity index (χ0v) is 47.5. The van der Waals surface area contributed by atoms with E-state index in [1.165, 1.54) is 38.9 Å². The largest absolute Gasteiger partial charge is 0.509 e. The summed E-state index contributed by atoms with van der Waals surface area (Å²) in [6.07, 6.45) is 4.21. The molecular weight excluding hydrogens is 1110 g/mol. The van der Waals surface area contributed by atoms with Gasteiger partial charge in [-0.25, -0.2) is 4.98 Å². The zero-order chi connectivity index (χ0) is 52.3. The van der Waals surface area contributed by atoms with Crippen LogP contribution in [0, 0.1) is 18.8 Å². The van der Waals surface area contributed by atoms with E-state index in [1.807, 2.05) is 12.3 Å². The second-order valence-corrected chi connectivity index (χ2v) is 23.2. The zero-order valence-electron chi connectivity index (χ0n) is 45.2. The van der Waals surface area contributed by atoms with Crippen molar-refractivity contribution in [2.75, 3.05) is 9.80 Å². The first-order valence-corrected chi connectivity index (χ1v) is 26.2. The Balaban J connectivity index is 0.00000657. The van der Waals surface area contributed by atoms with Crippen LogP contribution in [0.1, 0.15) is 97.1 Å². The van der Waals surface area contributed by atoms with E-state index in [2.05, 4.69) is 297 Å². The van der Waals surface area contributed by atoms with Gasteiger partial charge in [0.25, 0.3) is 0 Å². The van der Waals surface area contributed by atoms with Gasteiger partial charge < -0.3 is 19.1 Å². The predicted molar refractivity (Wildman–Crippen MR) is 313 cm³/mol. The summed E-state index contributed by atoms with van der Waals surface area (Å²) in [4.78, 5) is 9.66. The molecule has 1 aliphatic heterocycles. The van der Waals surface area contributed by atoms with Crippen LogP contribution in [0.25, 0.3) is 49.9 Å². The van der Waals surface area contributed by atoms with Gasteiger partial charge >= 0.3 is 0 Å². The van der Waals surface area contributed by atoms with Crippen LogP contribution in [-0.4, -0.2) is 9.55 Å². The summed E-state index contributed by atoms with van der Waals surface area (Å²) < 4.78 is 9.25. The second-order valence-electron chi connectivity index (χ2n) is 23.2. The van der Waals surface area contributed by atoms with E-state index in [0.717, 1.165) is 55.8 Å². The molecule has 0 amide bonds. The van der Waals surface area contributed by atoms with Gasteiger partial charge in [0.2, 0.25) is 0 Å². The van der Waals surface area contributed by atoms with Crippen LogP contribution in [-0.2, 0) is 42.7 Å². The molecule has 0 aliphatic carbocycles. The van der Waals surface area contributed by atoms with E-state index >= 15 is 0 Å². The molecule has 2 aromatic heterocycles. The van der Waals surface area contributed by atoms with Gasteiger partial charge in [-0.05, 0) is 97.3 Å². The van der Waals surface area contributed by atoms with Crippen LogP contribution >= 0.6 is 0 Å². The molecule has 0 fully saturated rings. The van der Waals surface area contributed by atoms with Crippen molar-refractivity contribution in [1.82, 2.24) is 9.55 Å². The van der Waals surface area contributed by atoms with Crippen LogP contribution in [0.3, 0.4) is 0 Å². The van der Waals surface area contributed by atoms with Gasteiger partial charge in [-0.2, -0.15) is 6.07 Å². The number of rotatable bonds is 11. The Morgan fingerprint density at radius 3 is 1.68 bits per heavy atom. The fraction of sp³-hybridized carbons (Fsp3) is 0.200. The van der Waals surface area contributed by atoms with Crippen molar-refractivity contribution in [2.24, 2.45) is 0 Å². The number of aromatic nitrogens is 2. The molecule has 6 heteroatoms. The Kier molecular flexibility index (Phi) is 13.9. The smallest absolute Gasteiger partial charge is 0.135 e. The quantitative estimate of drug-likeness (QED) is 0.121. The van der Waals surface area contributed by atoms with Crippen LogP contribution in [0.4, 0.5) is 11.4 Å². The number of anilines is 2. The van der Waals surface area contributed by atoms with Gasteiger partial charge in [-0.15, -0.1) is 53.6 Å². The maximum absolute atomic E-state index is 7.01. The average Bonchev–Trinajstić information content (AvgIpc) is 4.05. The maximum Gasteiger partial charge on any atom is 0.135 e. The Morgan fingerprint density at radius 2 is 1.05 bits per heavy atom. The summed E-state index contributed by atoms with van der Waals surface area (Å²) in [7, 11) is 0. The molecule has 0 radical (unpaired) electrons. The first-order chi connectivity index (χ1) is 35.9. The third-order valence-electron chi connectivity index (χ3n) is 15.2.